The number of nitrogens with zero attached hydrogens (tertiary/aromatic N) is 1. The zero-order valence-corrected chi connectivity index (χ0v) is 10.6. The topological polar surface area (TPSA) is 95.6 Å². The van der Waals surface area contributed by atoms with Gasteiger partial charge >= 0.3 is 0 Å². The van der Waals surface area contributed by atoms with Gasteiger partial charge in [0.2, 0.25) is 0 Å². The van der Waals surface area contributed by atoms with Crippen molar-refractivity contribution in [1.29, 1.82) is 0 Å². The maximum atomic E-state index is 10.7. The lowest BCUT2D eigenvalue weighted by molar-refractivity contribution is -0.385. The minimum Gasteiger partial charge on any atom is -0.394 e. The van der Waals surface area contributed by atoms with Crippen molar-refractivity contribution in [3.63, 3.8) is 0 Å². The van der Waals surface area contributed by atoms with Crippen molar-refractivity contribution in [2.45, 2.75) is 12.6 Å². The Morgan fingerprint density at radius 3 is 2.82 bits per heavy atom. The van der Waals surface area contributed by atoms with E-state index in [9.17, 15) is 10.1 Å². The average molecular weight is 305 g/mol. The molecular formula is C10H13BrN2O4. The van der Waals surface area contributed by atoms with Gasteiger partial charge in [0.25, 0.3) is 5.69 Å². The summed E-state index contributed by atoms with van der Waals surface area (Å²) < 4.78 is 0.432. The highest BCUT2D eigenvalue weighted by Crippen LogP contribution is 2.25. The van der Waals surface area contributed by atoms with E-state index < -0.39 is 11.0 Å². The van der Waals surface area contributed by atoms with Gasteiger partial charge in [-0.15, -0.1) is 0 Å². The SMILES string of the molecule is O=[N+]([O-])c1cc(CNCC(O)CO)ccc1Br. The third-order valence-corrected chi connectivity index (χ3v) is 2.80. The molecule has 1 rings (SSSR count). The number of halogens is 1. The Kier molecular flexibility index (Phi) is 5.49. The normalized spacial score (nSPS) is 12.4. The van der Waals surface area contributed by atoms with Gasteiger partial charge in [0.1, 0.15) is 0 Å². The van der Waals surface area contributed by atoms with Gasteiger partial charge in [-0.3, -0.25) is 10.1 Å². The number of aliphatic hydroxyl groups is 2. The van der Waals surface area contributed by atoms with Crippen LogP contribution in [-0.4, -0.2) is 34.4 Å². The van der Waals surface area contributed by atoms with Gasteiger partial charge in [0.15, 0.2) is 0 Å². The Balaban J connectivity index is 2.60. The predicted molar refractivity (Wildman–Crippen MR) is 65.6 cm³/mol. The molecule has 6 nitrogen and oxygen atoms in total. The molecule has 0 heterocycles. The Morgan fingerprint density at radius 2 is 2.24 bits per heavy atom. The second-order valence-electron chi connectivity index (χ2n) is 3.51. The summed E-state index contributed by atoms with van der Waals surface area (Å²) in [5.74, 6) is 0. The number of aliphatic hydroxyl groups excluding tert-OH is 2. The number of rotatable bonds is 6. The molecule has 0 fully saturated rings. The Labute approximate surface area is 107 Å². The molecule has 0 radical (unpaired) electrons. The van der Waals surface area contributed by atoms with E-state index in [0.29, 0.717) is 11.0 Å². The summed E-state index contributed by atoms with van der Waals surface area (Å²) in [6, 6.07) is 4.81. The summed E-state index contributed by atoms with van der Waals surface area (Å²) in [5.41, 5.74) is 0.747. The van der Waals surface area contributed by atoms with E-state index in [1.165, 1.54) is 6.07 Å². The van der Waals surface area contributed by atoms with Crippen LogP contribution in [0.25, 0.3) is 0 Å². The van der Waals surface area contributed by atoms with E-state index in [4.69, 9.17) is 10.2 Å². The molecule has 0 spiro atoms. The number of nitrogens with one attached hydrogen (secondary N) is 1. The number of hydrogen-bond donors (Lipinski definition) is 3. The molecule has 7 heteroatoms. The first kappa shape index (κ1) is 14.0. The highest BCUT2D eigenvalue weighted by molar-refractivity contribution is 9.10. The number of nitro benzene ring substituents is 1. The second-order valence-corrected chi connectivity index (χ2v) is 4.36. The molecule has 1 unspecified atom stereocenters. The molecule has 17 heavy (non-hydrogen) atoms. The lowest BCUT2D eigenvalue weighted by Gasteiger charge is -2.08. The fraction of sp³-hybridized carbons (Fsp3) is 0.400. The fourth-order valence-corrected chi connectivity index (χ4v) is 1.65. The van der Waals surface area contributed by atoms with Crippen molar-refractivity contribution in [3.8, 4) is 0 Å². The van der Waals surface area contributed by atoms with E-state index in [1.54, 1.807) is 12.1 Å². The zero-order valence-electron chi connectivity index (χ0n) is 8.97. The maximum absolute atomic E-state index is 10.7. The minimum absolute atomic E-state index is 0.00649. The molecule has 1 aromatic carbocycles. The largest absolute Gasteiger partial charge is 0.394 e. The van der Waals surface area contributed by atoms with Crippen molar-refractivity contribution in [2.24, 2.45) is 0 Å². The summed E-state index contributed by atoms with van der Waals surface area (Å²) in [4.78, 5) is 10.2. The van der Waals surface area contributed by atoms with Crippen LogP contribution in [0.4, 0.5) is 5.69 Å². The van der Waals surface area contributed by atoms with Crippen LogP contribution in [0.5, 0.6) is 0 Å². The Bertz CT molecular complexity index is 400. The van der Waals surface area contributed by atoms with Crippen LogP contribution in [-0.2, 0) is 6.54 Å². The first-order valence-corrected chi connectivity index (χ1v) is 5.76. The lowest BCUT2D eigenvalue weighted by Crippen LogP contribution is -2.28. The monoisotopic (exact) mass is 304 g/mol. The molecule has 0 saturated carbocycles. The van der Waals surface area contributed by atoms with E-state index in [2.05, 4.69) is 21.2 Å². The van der Waals surface area contributed by atoms with Gasteiger partial charge < -0.3 is 15.5 Å². The Morgan fingerprint density at radius 1 is 1.53 bits per heavy atom. The smallest absolute Gasteiger partial charge is 0.283 e. The predicted octanol–water partition coefficient (Wildman–Crippen LogP) is 0.800. The van der Waals surface area contributed by atoms with Gasteiger partial charge in [-0.2, -0.15) is 0 Å². The Hall–Kier alpha value is -1.02. The molecule has 1 atom stereocenters. The molecule has 1 aromatic rings. The first-order chi connectivity index (χ1) is 8.04. The molecular weight excluding hydrogens is 292 g/mol. The van der Waals surface area contributed by atoms with Gasteiger partial charge in [-0.05, 0) is 27.6 Å². The summed E-state index contributed by atoms with van der Waals surface area (Å²) in [7, 11) is 0. The lowest BCUT2D eigenvalue weighted by atomic mass is 10.2. The van der Waals surface area contributed by atoms with Gasteiger partial charge in [0, 0.05) is 19.2 Å². The van der Waals surface area contributed by atoms with E-state index in [1.807, 2.05) is 0 Å². The average Bonchev–Trinajstić information content (AvgIpc) is 2.30. The molecule has 0 bridgehead atoms. The van der Waals surface area contributed by atoms with Crippen molar-refractivity contribution < 1.29 is 15.1 Å². The zero-order chi connectivity index (χ0) is 12.8. The molecule has 94 valence electrons. The number of benzene rings is 1. The molecule has 0 saturated heterocycles. The van der Waals surface area contributed by atoms with E-state index >= 15 is 0 Å². The third-order valence-electron chi connectivity index (χ3n) is 2.13. The van der Waals surface area contributed by atoms with Crippen LogP contribution in [0, 0.1) is 10.1 Å². The molecule has 0 aliphatic heterocycles. The van der Waals surface area contributed by atoms with Crippen LogP contribution in [0.15, 0.2) is 22.7 Å². The van der Waals surface area contributed by atoms with Gasteiger partial charge in [-0.1, -0.05) is 6.07 Å². The van der Waals surface area contributed by atoms with E-state index in [0.717, 1.165) is 5.56 Å². The fourth-order valence-electron chi connectivity index (χ4n) is 1.26. The van der Waals surface area contributed by atoms with Crippen molar-refractivity contribution in [2.75, 3.05) is 13.2 Å². The van der Waals surface area contributed by atoms with Crippen molar-refractivity contribution in [3.05, 3.63) is 38.3 Å². The van der Waals surface area contributed by atoms with Crippen LogP contribution in [0.1, 0.15) is 5.56 Å². The molecule has 0 aliphatic carbocycles. The van der Waals surface area contributed by atoms with E-state index in [-0.39, 0.29) is 18.8 Å². The van der Waals surface area contributed by atoms with Crippen LogP contribution in [0.2, 0.25) is 0 Å². The molecule has 0 amide bonds. The minimum atomic E-state index is -0.819. The van der Waals surface area contributed by atoms with Gasteiger partial charge in [-0.25, -0.2) is 0 Å². The third kappa shape index (κ3) is 4.39. The second kappa shape index (κ2) is 6.65. The summed E-state index contributed by atoms with van der Waals surface area (Å²) in [5, 5.41) is 31.3. The van der Waals surface area contributed by atoms with Crippen molar-refractivity contribution in [1.82, 2.24) is 5.32 Å². The molecule has 0 aromatic heterocycles. The highest BCUT2D eigenvalue weighted by Gasteiger charge is 2.12. The van der Waals surface area contributed by atoms with Crippen LogP contribution >= 0.6 is 15.9 Å². The quantitative estimate of drug-likeness (QED) is 0.534. The molecule has 3 N–H and O–H groups in total. The van der Waals surface area contributed by atoms with Gasteiger partial charge in [0.05, 0.1) is 22.1 Å². The molecule has 0 aliphatic rings. The summed E-state index contributed by atoms with van der Waals surface area (Å²) in [6.07, 6.45) is -0.819. The maximum Gasteiger partial charge on any atom is 0.283 e. The van der Waals surface area contributed by atoms with Crippen LogP contribution in [0.3, 0.4) is 0 Å². The summed E-state index contributed by atoms with van der Waals surface area (Å²) >= 11 is 3.10. The van der Waals surface area contributed by atoms with Crippen LogP contribution < -0.4 is 5.32 Å². The first-order valence-electron chi connectivity index (χ1n) is 4.97. The highest BCUT2D eigenvalue weighted by atomic mass is 79.9. The number of hydrogen-bond acceptors (Lipinski definition) is 5. The number of nitro groups is 1. The standard InChI is InChI=1S/C10H13BrN2O4/c11-9-2-1-7(3-10(9)13(16)17)4-12-5-8(15)6-14/h1-3,8,12,14-15H,4-6H2. The summed E-state index contributed by atoms with van der Waals surface area (Å²) in [6.45, 7) is 0.318. The van der Waals surface area contributed by atoms with Crippen molar-refractivity contribution >= 4 is 21.6 Å².